The van der Waals surface area contributed by atoms with Crippen molar-refractivity contribution in [1.29, 1.82) is 0 Å². The summed E-state index contributed by atoms with van der Waals surface area (Å²) in [6.07, 6.45) is 1.94. The van der Waals surface area contributed by atoms with Crippen molar-refractivity contribution < 1.29 is 9.53 Å². The summed E-state index contributed by atoms with van der Waals surface area (Å²) in [7, 11) is 0. The Morgan fingerprint density at radius 3 is 3.11 bits per heavy atom. The molecule has 1 aromatic rings. The van der Waals surface area contributed by atoms with Crippen LogP contribution in [-0.4, -0.2) is 35.3 Å². The first-order valence-electron chi connectivity index (χ1n) is 6.84. The largest absolute Gasteiger partial charge is 0.493 e. The fraction of sp³-hybridized carbons (Fsp3) is 0.533. The molecule has 2 heterocycles. The Morgan fingerprint density at radius 1 is 1.47 bits per heavy atom. The molecule has 0 bridgehead atoms. The van der Waals surface area contributed by atoms with Crippen LogP contribution >= 0.6 is 15.9 Å². The highest BCUT2D eigenvalue weighted by Crippen LogP contribution is 2.28. The average Bonchev–Trinajstić information content (AvgIpc) is 2.88. The van der Waals surface area contributed by atoms with Crippen LogP contribution in [-0.2, 0) is 6.42 Å². The normalized spacial score (nSPS) is 25.9. The molecule has 3 rings (SSSR count). The van der Waals surface area contributed by atoms with Crippen LogP contribution in [0.4, 0.5) is 0 Å². The molecule has 3 nitrogen and oxygen atoms in total. The molecule has 2 aliphatic heterocycles. The van der Waals surface area contributed by atoms with Crippen molar-refractivity contribution in [2.24, 2.45) is 5.92 Å². The van der Waals surface area contributed by atoms with Gasteiger partial charge in [0.2, 0.25) is 0 Å². The summed E-state index contributed by atoms with van der Waals surface area (Å²) < 4.78 is 5.48. The van der Waals surface area contributed by atoms with E-state index in [4.69, 9.17) is 4.74 Å². The van der Waals surface area contributed by atoms with E-state index in [-0.39, 0.29) is 5.91 Å². The van der Waals surface area contributed by atoms with Crippen molar-refractivity contribution in [3.05, 3.63) is 29.3 Å². The summed E-state index contributed by atoms with van der Waals surface area (Å²) in [5.41, 5.74) is 1.96. The summed E-state index contributed by atoms with van der Waals surface area (Å²) in [6.45, 7) is 4.60. The van der Waals surface area contributed by atoms with E-state index in [1.807, 2.05) is 23.1 Å². The number of piperidine rings is 1. The molecule has 0 aromatic heterocycles. The Morgan fingerprint density at radius 2 is 2.32 bits per heavy atom. The van der Waals surface area contributed by atoms with Crippen LogP contribution in [0.15, 0.2) is 18.2 Å². The van der Waals surface area contributed by atoms with Crippen LogP contribution in [0.3, 0.4) is 0 Å². The number of rotatable bonds is 1. The number of carbonyl (C=O) groups is 1. The Bertz CT molecular complexity index is 503. The quantitative estimate of drug-likeness (QED) is 0.744. The van der Waals surface area contributed by atoms with Gasteiger partial charge in [-0.3, -0.25) is 4.79 Å². The number of ether oxygens (including phenoxy) is 1. The molecular weight excluding hydrogens is 306 g/mol. The van der Waals surface area contributed by atoms with E-state index in [2.05, 4.69) is 22.9 Å². The number of amides is 1. The van der Waals surface area contributed by atoms with Gasteiger partial charge in [-0.2, -0.15) is 0 Å². The molecule has 0 spiro atoms. The highest BCUT2D eigenvalue weighted by Gasteiger charge is 2.28. The van der Waals surface area contributed by atoms with Gasteiger partial charge in [-0.1, -0.05) is 22.9 Å². The van der Waals surface area contributed by atoms with Crippen LogP contribution < -0.4 is 4.74 Å². The second-order valence-electron chi connectivity index (χ2n) is 5.45. The van der Waals surface area contributed by atoms with Crippen LogP contribution in [0, 0.1) is 5.92 Å². The molecule has 4 heteroatoms. The van der Waals surface area contributed by atoms with E-state index in [9.17, 15) is 4.79 Å². The van der Waals surface area contributed by atoms with Crippen molar-refractivity contribution in [2.45, 2.75) is 24.6 Å². The Balaban J connectivity index is 1.77. The zero-order chi connectivity index (χ0) is 13.4. The molecule has 2 unspecified atom stereocenters. The maximum Gasteiger partial charge on any atom is 0.253 e. The fourth-order valence-corrected chi connectivity index (χ4v) is 3.18. The third kappa shape index (κ3) is 2.50. The van der Waals surface area contributed by atoms with Gasteiger partial charge in [0.15, 0.2) is 0 Å². The first-order chi connectivity index (χ1) is 9.15. The Kier molecular flexibility index (Phi) is 3.52. The Labute approximate surface area is 122 Å². The predicted molar refractivity (Wildman–Crippen MR) is 78.0 cm³/mol. The number of nitrogens with zero attached hydrogens (tertiary/aromatic N) is 1. The summed E-state index contributed by atoms with van der Waals surface area (Å²) in [6, 6.07) is 5.81. The van der Waals surface area contributed by atoms with Gasteiger partial charge in [0, 0.05) is 29.9 Å². The maximum absolute atomic E-state index is 12.5. The smallest absolute Gasteiger partial charge is 0.253 e. The van der Waals surface area contributed by atoms with E-state index in [1.165, 1.54) is 0 Å². The molecule has 1 amide bonds. The third-order valence-electron chi connectivity index (χ3n) is 4.02. The summed E-state index contributed by atoms with van der Waals surface area (Å²) in [4.78, 5) is 15.0. The minimum atomic E-state index is 0.154. The summed E-state index contributed by atoms with van der Waals surface area (Å²) >= 11 is 3.67. The van der Waals surface area contributed by atoms with Gasteiger partial charge in [0.25, 0.3) is 5.91 Å². The van der Waals surface area contributed by atoms with Gasteiger partial charge in [0.05, 0.1) is 6.61 Å². The fourth-order valence-electron chi connectivity index (χ4n) is 2.80. The van der Waals surface area contributed by atoms with Crippen molar-refractivity contribution in [1.82, 2.24) is 4.90 Å². The van der Waals surface area contributed by atoms with Crippen molar-refractivity contribution >= 4 is 21.8 Å². The first kappa shape index (κ1) is 13.0. The lowest BCUT2D eigenvalue weighted by Gasteiger charge is -2.34. The molecule has 0 saturated carbocycles. The lowest BCUT2D eigenvalue weighted by atomic mass is 9.99. The standard InChI is InChI=1S/C15H18BrNO2/c1-10-9-17(6-4-13(10)16)15(18)12-2-3-14-11(8-12)5-7-19-14/h2-3,8,10,13H,4-7,9H2,1H3. The molecule has 102 valence electrons. The predicted octanol–water partition coefficient (Wildman–Crippen LogP) is 2.87. The molecular formula is C15H18BrNO2. The van der Waals surface area contributed by atoms with Crippen LogP contribution in [0.5, 0.6) is 5.75 Å². The molecule has 2 atom stereocenters. The zero-order valence-electron chi connectivity index (χ0n) is 11.1. The van der Waals surface area contributed by atoms with E-state index in [0.717, 1.165) is 49.4 Å². The van der Waals surface area contributed by atoms with Crippen LogP contribution in [0.25, 0.3) is 0 Å². The van der Waals surface area contributed by atoms with Crippen molar-refractivity contribution in [3.8, 4) is 5.75 Å². The lowest BCUT2D eigenvalue weighted by Crippen LogP contribution is -2.43. The number of hydrogen-bond acceptors (Lipinski definition) is 2. The third-order valence-corrected chi connectivity index (χ3v) is 5.38. The van der Waals surface area contributed by atoms with E-state index >= 15 is 0 Å². The van der Waals surface area contributed by atoms with E-state index in [1.54, 1.807) is 0 Å². The number of likely N-dealkylation sites (tertiary alicyclic amines) is 1. The molecule has 0 aliphatic carbocycles. The van der Waals surface area contributed by atoms with E-state index in [0.29, 0.717) is 10.7 Å². The molecule has 1 fully saturated rings. The minimum Gasteiger partial charge on any atom is -0.493 e. The Hall–Kier alpha value is -1.03. The summed E-state index contributed by atoms with van der Waals surface area (Å²) in [5, 5.41) is 0. The maximum atomic E-state index is 12.5. The van der Waals surface area contributed by atoms with Gasteiger partial charge in [0.1, 0.15) is 5.75 Å². The van der Waals surface area contributed by atoms with Crippen molar-refractivity contribution in [2.75, 3.05) is 19.7 Å². The molecule has 1 aromatic carbocycles. The molecule has 0 radical (unpaired) electrons. The van der Waals surface area contributed by atoms with Gasteiger partial charge < -0.3 is 9.64 Å². The first-order valence-corrected chi connectivity index (χ1v) is 7.76. The second-order valence-corrected chi connectivity index (χ2v) is 6.63. The highest BCUT2D eigenvalue weighted by atomic mass is 79.9. The molecule has 1 saturated heterocycles. The van der Waals surface area contributed by atoms with Crippen LogP contribution in [0.2, 0.25) is 0 Å². The number of benzene rings is 1. The number of fused-ring (bicyclic) bond motifs is 1. The topological polar surface area (TPSA) is 29.5 Å². The van der Waals surface area contributed by atoms with Gasteiger partial charge in [-0.25, -0.2) is 0 Å². The monoisotopic (exact) mass is 323 g/mol. The number of halogens is 1. The van der Waals surface area contributed by atoms with E-state index < -0.39 is 0 Å². The molecule has 0 N–H and O–H groups in total. The van der Waals surface area contributed by atoms with Crippen molar-refractivity contribution in [3.63, 3.8) is 0 Å². The van der Waals surface area contributed by atoms with Gasteiger partial charge >= 0.3 is 0 Å². The van der Waals surface area contributed by atoms with Gasteiger partial charge in [-0.15, -0.1) is 0 Å². The van der Waals surface area contributed by atoms with Gasteiger partial charge in [-0.05, 0) is 36.1 Å². The average molecular weight is 324 g/mol. The SMILES string of the molecule is CC1CN(C(=O)c2ccc3c(c2)CCO3)CCC1Br. The lowest BCUT2D eigenvalue weighted by molar-refractivity contribution is 0.0690. The number of carbonyl (C=O) groups excluding carboxylic acids is 1. The molecule has 19 heavy (non-hydrogen) atoms. The highest BCUT2D eigenvalue weighted by molar-refractivity contribution is 9.09. The number of alkyl halides is 1. The second kappa shape index (κ2) is 5.16. The van der Waals surface area contributed by atoms with Crippen LogP contribution in [0.1, 0.15) is 29.3 Å². The minimum absolute atomic E-state index is 0.154. The zero-order valence-corrected chi connectivity index (χ0v) is 12.6. The number of hydrogen-bond donors (Lipinski definition) is 0. The molecule has 2 aliphatic rings. The summed E-state index contributed by atoms with van der Waals surface area (Å²) in [5.74, 6) is 1.60.